The number of ether oxygens (including phenoxy) is 2. The monoisotopic (exact) mass is 1040 g/mol. The Morgan fingerprint density at radius 2 is 0.838 bits per heavy atom. The minimum atomic E-state index is -1.55. The summed E-state index contributed by atoms with van der Waals surface area (Å²) in [5.74, 6) is -0.141. The van der Waals surface area contributed by atoms with Crippen LogP contribution in [0.3, 0.4) is 0 Å². The van der Waals surface area contributed by atoms with Gasteiger partial charge in [-0.05, 0) is 57.8 Å². The highest BCUT2D eigenvalue weighted by molar-refractivity contribution is 5.76. The van der Waals surface area contributed by atoms with Crippen molar-refractivity contribution in [3.05, 3.63) is 60.8 Å². The molecule has 74 heavy (non-hydrogen) atoms. The third-order valence-electron chi connectivity index (χ3n) is 14.9. The molecule has 9 heteroatoms. The van der Waals surface area contributed by atoms with Crippen molar-refractivity contribution >= 4 is 5.91 Å². The third kappa shape index (κ3) is 42.9. The largest absolute Gasteiger partial charge is 0.394 e. The first-order chi connectivity index (χ1) is 36.3. The minimum Gasteiger partial charge on any atom is -0.394 e. The first-order valence-electron chi connectivity index (χ1n) is 31.5. The van der Waals surface area contributed by atoms with Crippen LogP contribution in [0.15, 0.2) is 60.8 Å². The normalized spacial score (nSPS) is 19.4. The van der Waals surface area contributed by atoms with Gasteiger partial charge in [0.25, 0.3) is 0 Å². The van der Waals surface area contributed by atoms with Crippen molar-refractivity contribution in [3.8, 4) is 0 Å². The van der Waals surface area contributed by atoms with Crippen molar-refractivity contribution in [1.29, 1.82) is 0 Å². The Morgan fingerprint density at radius 3 is 1.24 bits per heavy atom. The number of carbonyl (C=O) groups excluding carboxylic acids is 1. The summed E-state index contributed by atoms with van der Waals surface area (Å²) in [6.07, 6.45) is 67.0. The molecular formula is C65H119NO8. The van der Waals surface area contributed by atoms with E-state index in [1.807, 2.05) is 0 Å². The Morgan fingerprint density at radius 1 is 0.473 bits per heavy atom. The summed E-state index contributed by atoms with van der Waals surface area (Å²) in [7, 11) is 0. The highest BCUT2D eigenvalue weighted by Gasteiger charge is 2.44. The van der Waals surface area contributed by atoms with Gasteiger partial charge in [-0.2, -0.15) is 0 Å². The molecule has 7 atom stereocenters. The Labute approximate surface area is 456 Å². The molecule has 1 rings (SSSR count). The fourth-order valence-electron chi connectivity index (χ4n) is 9.96. The van der Waals surface area contributed by atoms with Gasteiger partial charge >= 0.3 is 0 Å². The van der Waals surface area contributed by atoms with Crippen molar-refractivity contribution in [3.63, 3.8) is 0 Å². The number of carbonyl (C=O) groups is 1. The van der Waals surface area contributed by atoms with Gasteiger partial charge in [0, 0.05) is 6.42 Å². The van der Waals surface area contributed by atoms with Crippen LogP contribution in [0.4, 0.5) is 0 Å². The average molecular weight is 1040 g/mol. The van der Waals surface area contributed by atoms with Crippen LogP contribution in [0.1, 0.15) is 290 Å². The van der Waals surface area contributed by atoms with E-state index in [0.717, 1.165) is 70.6 Å². The molecule has 1 saturated heterocycles. The van der Waals surface area contributed by atoms with E-state index in [-0.39, 0.29) is 12.5 Å². The standard InChI is InChI=1S/C65H119NO8/c1-3-5-7-9-11-13-15-17-19-20-21-22-23-24-25-26-27-28-29-30-31-32-33-34-35-36-37-38-39-40-41-43-45-47-49-51-53-55-61(69)66-58(57-73-65-64(72)63(71)62(70)60(56-67)74-65)59(68)54-52-50-48-46-44-42-18-16-14-12-10-8-6-4-2/h5,7,11,13,17,19,21-22,24-25,58-60,62-65,67-68,70-72H,3-4,6,8-10,12,14-16,18,20,23,26-57H2,1-2H3,(H,66,69)/b7-5-,13-11-,19-17-,22-21-,25-24-. The zero-order valence-electron chi connectivity index (χ0n) is 48.1. The molecule has 1 amide bonds. The van der Waals surface area contributed by atoms with Gasteiger partial charge in [-0.15, -0.1) is 0 Å². The lowest BCUT2D eigenvalue weighted by Crippen LogP contribution is -2.60. The molecule has 0 aromatic heterocycles. The Balaban J connectivity index is 2.06. The van der Waals surface area contributed by atoms with Crippen LogP contribution in [-0.2, 0) is 14.3 Å². The molecular weight excluding hydrogens is 923 g/mol. The van der Waals surface area contributed by atoms with Crippen LogP contribution in [0.2, 0.25) is 0 Å². The van der Waals surface area contributed by atoms with Gasteiger partial charge < -0.3 is 40.3 Å². The molecule has 1 aliphatic heterocycles. The summed E-state index contributed by atoms with van der Waals surface area (Å²) in [5, 5.41) is 54.7. The SMILES string of the molecule is CC/C=C\C/C=C\C/C=C\C/C=C\C/C=C\CCCCCCCCCCCCCCCCCCCCCCCC(=O)NC(COC1OC(CO)C(O)C(O)C1O)C(O)CCCCCCCCCCCCCCCC. The molecule has 432 valence electrons. The molecule has 7 unspecified atom stereocenters. The molecule has 0 saturated carbocycles. The summed E-state index contributed by atoms with van der Waals surface area (Å²) in [6.45, 7) is 3.74. The molecule has 6 N–H and O–H groups in total. The fraction of sp³-hybridized carbons (Fsp3) is 0.831. The summed E-state index contributed by atoms with van der Waals surface area (Å²) < 4.78 is 11.3. The van der Waals surface area contributed by atoms with Crippen LogP contribution >= 0.6 is 0 Å². The topological polar surface area (TPSA) is 149 Å². The van der Waals surface area contributed by atoms with Gasteiger partial charge in [0.1, 0.15) is 24.4 Å². The van der Waals surface area contributed by atoms with E-state index in [1.54, 1.807) is 0 Å². The first kappa shape index (κ1) is 69.9. The molecule has 1 heterocycles. The zero-order valence-corrected chi connectivity index (χ0v) is 48.1. The van der Waals surface area contributed by atoms with Crippen LogP contribution < -0.4 is 5.32 Å². The summed E-state index contributed by atoms with van der Waals surface area (Å²) in [6, 6.07) is -0.718. The van der Waals surface area contributed by atoms with Gasteiger partial charge in [0.15, 0.2) is 6.29 Å². The number of allylic oxidation sites excluding steroid dienone is 10. The predicted molar refractivity (Wildman–Crippen MR) is 313 cm³/mol. The highest BCUT2D eigenvalue weighted by Crippen LogP contribution is 2.23. The van der Waals surface area contributed by atoms with Crippen LogP contribution in [0, 0.1) is 0 Å². The summed E-state index contributed by atoms with van der Waals surface area (Å²) in [5.41, 5.74) is 0. The number of aliphatic hydroxyl groups is 5. The quantitative estimate of drug-likeness (QED) is 0.0261. The molecule has 0 radical (unpaired) electrons. The number of aliphatic hydroxyl groups excluding tert-OH is 5. The van der Waals surface area contributed by atoms with E-state index in [1.165, 1.54) is 193 Å². The third-order valence-corrected chi connectivity index (χ3v) is 14.9. The molecule has 0 aliphatic carbocycles. The lowest BCUT2D eigenvalue weighted by molar-refractivity contribution is -0.302. The van der Waals surface area contributed by atoms with E-state index >= 15 is 0 Å². The zero-order chi connectivity index (χ0) is 53.6. The Hall–Kier alpha value is -2.11. The molecule has 0 aromatic carbocycles. The van der Waals surface area contributed by atoms with Gasteiger partial charge in [-0.3, -0.25) is 4.79 Å². The van der Waals surface area contributed by atoms with E-state index in [2.05, 4.69) is 79.9 Å². The Bertz CT molecular complexity index is 1350. The minimum absolute atomic E-state index is 0.135. The average Bonchev–Trinajstić information content (AvgIpc) is 3.40. The van der Waals surface area contributed by atoms with E-state index in [0.29, 0.717) is 12.8 Å². The number of rotatable bonds is 54. The highest BCUT2D eigenvalue weighted by atomic mass is 16.7. The maximum Gasteiger partial charge on any atom is 0.220 e. The van der Waals surface area contributed by atoms with Crippen LogP contribution in [0.25, 0.3) is 0 Å². The molecule has 0 spiro atoms. The summed E-state index contributed by atoms with van der Waals surface area (Å²) in [4.78, 5) is 13.1. The lowest BCUT2D eigenvalue weighted by Gasteiger charge is -2.40. The van der Waals surface area contributed by atoms with Gasteiger partial charge in [-0.25, -0.2) is 0 Å². The van der Waals surface area contributed by atoms with Crippen LogP contribution in [0.5, 0.6) is 0 Å². The van der Waals surface area contributed by atoms with Crippen molar-refractivity contribution in [1.82, 2.24) is 5.32 Å². The maximum absolute atomic E-state index is 13.1. The van der Waals surface area contributed by atoms with E-state index in [4.69, 9.17) is 9.47 Å². The number of hydrogen-bond donors (Lipinski definition) is 6. The second-order valence-electron chi connectivity index (χ2n) is 21.8. The second kappa shape index (κ2) is 54.3. The second-order valence-corrected chi connectivity index (χ2v) is 21.8. The molecule has 1 aliphatic rings. The lowest BCUT2D eigenvalue weighted by atomic mass is 9.99. The Kier molecular flexibility index (Phi) is 51.3. The number of nitrogens with one attached hydrogen (secondary N) is 1. The van der Waals surface area contributed by atoms with Crippen molar-refractivity contribution in [2.45, 2.75) is 333 Å². The molecule has 9 nitrogen and oxygen atoms in total. The van der Waals surface area contributed by atoms with Crippen molar-refractivity contribution in [2.24, 2.45) is 0 Å². The van der Waals surface area contributed by atoms with Crippen LogP contribution in [-0.4, -0.2) is 87.5 Å². The van der Waals surface area contributed by atoms with Gasteiger partial charge in [0.05, 0.1) is 25.4 Å². The summed E-state index contributed by atoms with van der Waals surface area (Å²) >= 11 is 0. The van der Waals surface area contributed by atoms with Crippen molar-refractivity contribution < 1.29 is 39.8 Å². The van der Waals surface area contributed by atoms with Gasteiger partial charge in [-0.1, -0.05) is 286 Å². The smallest absolute Gasteiger partial charge is 0.220 e. The number of hydrogen-bond acceptors (Lipinski definition) is 8. The molecule has 0 aromatic rings. The van der Waals surface area contributed by atoms with Gasteiger partial charge in [0.2, 0.25) is 5.91 Å². The van der Waals surface area contributed by atoms with Crippen molar-refractivity contribution in [2.75, 3.05) is 13.2 Å². The number of unbranched alkanes of at least 4 members (excludes halogenated alkanes) is 34. The molecule has 0 bridgehead atoms. The number of amides is 1. The first-order valence-corrected chi connectivity index (χ1v) is 31.5. The van der Waals surface area contributed by atoms with E-state index < -0.39 is 49.5 Å². The predicted octanol–water partition coefficient (Wildman–Crippen LogP) is 16.2. The maximum atomic E-state index is 13.1. The molecule has 1 fully saturated rings. The fourth-order valence-corrected chi connectivity index (χ4v) is 9.96. The van der Waals surface area contributed by atoms with E-state index in [9.17, 15) is 30.3 Å².